The zero-order chi connectivity index (χ0) is 20.1. The fourth-order valence-electron chi connectivity index (χ4n) is 2.22. The van der Waals surface area contributed by atoms with E-state index in [4.69, 9.17) is 9.47 Å². The minimum Gasteiger partial charge on any atom is -0.444 e. The van der Waals surface area contributed by atoms with E-state index < -0.39 is 5.60 Å². The van der Waals surface area contributed by atoms with Crippen molar-refractivity contribution in [1.29, 1.82) is 0 Å². The predicted octanol–water partition coefficient (Wildman–Crippen LogP) is 3.42. The molecule has 1 amide bonds. The van der Waals surface area contributed by atoms with Crippen molar-refractivity contribution in [1.82, 2.24) is 16.0 Å². The molecule has 28 heavy (non-hydrogen) atoms. The number of carbonyl (C=O) groups excluding carboxylic acids is 1. The average molecular weight is 506 g/mol. The lowest BCUT2D eigenvalue weighted by molar-refractivity contribution is 0.0527. The van der Waals surface area contributed by atoms with Crippen LogP contribution in [0.25, 0.3) is 0 Å². The molecule has 1 aromatic carbocycles. The first-order chi connectivity index (χ1) is 12.8. The van der Waals surface area contributed by atoms with E-state index >= 15 is 0 Å². The SMILES string of the molecule is CCNC(=NCc1ccc(COC)cc1)NCCCNC(=O)OC(C)(C)C.I. The third kappa shape index (κ3) is 12.8. The van der Waals surface area contributed by atoms with Crippen molar-refractivity contribution in [2.24, 2.45) is 4.99 Å². The summed E-state index contributed by atoms with van der Waals surface area (Å²) in [6.07, 6.45) is 0.384. The number of nitrogens with one attached hydrogen (secondary N) is 3. The van der Waals surface area contributed by atoms with Crippen molar-refractivity contribution < 1.29 is 14.3 Å². The van der Waals surface area contributed by atoms with Gasteiger partial charge >= 0.3 is 6.09 Å². The van der Waals surface area contributed by atoms with Crippen molar-refractivity contribution in [3.63, 3.8) is 0 Å². The van der Waals surface area contributed by atoms with Gasteiger partial charge < -0.3 is 25.4 Å². The van der Waals surface area contributed by atoms with Crippen molar-refractivity contribution >= 4 is 36.0 Å². The Morgan fingerprint density at radius 2 is 1.64 bits per heavy atom. The Bertz CT molecular complexity index is 586. The van der Waals surface area contributed by atoms with Gasteiger partial charge in [0.1, 0.15) is 5.60 Å². The van der Waals surface area contributed by atoms with Gasteiger partial charge in [-0.25, -0.2) is 9.79 Å². The summed E-state index contributed by atoms with van der Waals surface area (Å²) in [7, 11) is 1.69. The highest BCUT2D eigenvalue weighted by molar-refractivity contribution is 14.0. The Balaban J connectivity index is 0.00000729. The topological polar surface area (TPSA) is 84.0 Å². The number of aliphatic imine (C=N–C) groups is 1. The minimum absolute atomic E-state index is 0. The molecule has 0 unspecified atom stereocenters. The number of benzene rings is 1. The first-order valence-electron chi connectivity index (χ1n) is 9.40. The van der Waals surface area contributed by atoms with E-state index in [-0.39, 0.29) is 30.1 Å². The second-order valence-corrected chi connectivity index (χ2v) is 7.15. The number of ether oxygens (including phenoxy) is 2. The summed E-state index contributed by atoms with van der Waals surface area (Å²) in [6.45, 7) is 10.8. The number of nitrogens with zero attached hydrogens (tertiary/aromatic N) is 1. The molecule has 0 aliphatic carbocycles. The first-order valence-corrected chi connectivity index (χ1v) is 9.40. The molecule has 7 nitrogen and oxygen atoms in total. The summed E-state index contributed by atoms with van der Waals surface area (Å²) in [5, 5.41) is 9.24. The molecule has 0 radical (unpaired) electrons. The number of rotatable bonds is 9. The number of halogens is 1. The molecule has 1 aromatic rings. The molecule has 0 aromatic heterocycles. The van der Waals surface area contributed by atoms with Crippen LogP contribution < -0.4 is 16.0 Å². The van der Waals surface area contributed by atoms with Gasteiger partial charge in [0.05, 0.1) is 13.2 Å². The van der Waals surface area contributed by atoms with Crippen molar-refractivity contribution in [3.05, 3.63) is 35.4 Å². The first kappa shape index (κ1) is 26.4. The molecular weight excluding hydrogens is 471 g/mol. The Morgan fingerprint density at radius 3 is 2.21 bits per heavy atom. The maximum absolute atomic E-state index is 11.6. The molecule has 0 heterocycles. The number of hydrogen-bond donors (Lipinski definition) is 3. The van der Waals surface area contributed by atoms with E-state index in [0.29, 0.717) is 26.2 Å². The van der Waals surface area contributed by atoms with Gasteiger partial charge in [-0.1, -0.05) is 24.3 Å². The van der Waals surface area contributed by atoms with Gasteiger partial charge in [-0.05, 0) is 45.2 Å². The standard InChI is InChI=1S/C20H34N4O3.HI/c1-6-21-18(22-12-7-13-23-19(25)27-20(2,3)4)24-14-16-8-10-17(11-9-16)15-26-5;/h8-11H,6-7,12-15H2,1-5H3,(H,23,25)(H2,21,22,24);1H. The summed E-state index contributed by atoms with van der Waals surface area (Å²) in [6, 6.07) is 8.23. The van der Waals surface area contributed by atoms with E-state index in [9.17, 15) is 4.79 Å². The van der Waals surface area contributed by atoms with Crippen LogP contribution in [0.4, 0.5) is 4.79 Å². The van der Waals surface area contributed by atoms with E-state index in [2.05, 4.69) is 45.2 Å². The molecule has 0 fully saturated rings. The highest BCUT2D eigenvalue weighted by Crippen LogP contribution is 2.07. The van der Waals surface area contributed by atoms with Crippen molar-refractivity contribution in [2.45, 2.75) is 52.9 Å². The van der Waals surface area contributed by atoms with Gasteiger partial charge in [0, 0.05) is 26.7 Å². The van der Waals surface area contributed by atoms with Crippen LogP contribution in [-0.4, -0.2) is 44.4 Å². The van der Waals surface area contributed by atoms with Crippen molar-refractivity contribution in [3.8, 4) is 0 Å². The highest BCUT2D eigenvalue weighted by Gasteiger charge is 2.15. The van der Waals surface area contributed by atoms with Gasteiger partial charge in [0.15, 0.2) is 5.96 Å². The van der Waals surface area contributed by atoms with Crippen LogP contribution in [0.15, 0.2) is 29.3 Å². The average Bonchev–Trinajstić information content (AvgIpc) is 2.59. The largest absolute Gasteiger partial charge is 0.444 e. The monoisotopic (exact) mass is 506 g/mol. The van der Waals surface area contributed by atoms with E-state index in [1.165, 1.54) is 0 Å². The van der Waals surface area contributed by atoms with Gasteiger partial charge in [0.2, 0.25) is 0 Å². The van der Waals surface area contributed by atoms with Crippen LogP contribution in [0.2, 0.25) is 0 Å². The summed E-state index contributed by atoms with van der Waals surface area (Å²) in [4.78, 5) is 16.2. The second kappa shape index (κ2) is 14.4. The fourth-order valence-corrected chi connectivity index (χ4v) is 2.22. The van der Waals surface area contributed by atoms with Gasteiger partial charge in [-0.15, -0.1) is 24.0 Å². The number of hydrogen-bond acceptors (Lipinski definition) is 4. The predicted molar refractivity (Wildman–Crippen MR) is 124 cm³/mol. The number of amides is 1. The number of carbonyl (C=O) groups is 1. The van der Waals surface area contributed by atoms with E-state index in [1.54, 1.807) is 7.11 Å². The Hall–Kier alpha value is -1.55. The highest BCUT2D eigenvalue weighted by atomic mass is 127. The number of guanidine groups is 1. The lowest BCUT2D eigenvalue weighted by Gasteiger charge is -2.19. The zero-order valence-corrected chi connectivity index (χ0v) is 20.0. The van der Waals surface area contributed by atoms with Crippen LogP contribution in [-0.2, 0) is 22.6 Å². The maximum Gasteiger partial charge on any atom is 0.407 e. The van der Waals surface area contributed by atoms with Crippen LogP contribution >= 0.6 is 24.0 Å². The molecule has 8 heteroatoms. The molecular formula is C20H35IN4O3. The summed E-state index contributed by atoms with van der Waals surface area (Å²) < 4.78 is 10.3. The van der Waals surface area contributed by atoms with Crippen molar-refractivity contribution in [2.75, 3.05) is 26.7 Å². The van der Waals surface area contributed by atoms with Crippen LogP contribution in [0.5, 0.6) is 0 Å². The summed E-state index contributed by atoms with van der Waals surface area (Å²) in [5.74, 6) is 0.760. The molecule has 160 valence electrons. The van der Waals surface area contributed by atoms with Crippen LogP contribution in [0.1, 0.15) is 45.2 Å². The maximum atomic E-state index is 11.6. The van der Waals surface area contributed by atoms with Crippen LogP contribution in [0, 0.1) is 0 Å². The quantitative estimate of drug-likeness (QED) is 0.207. The van der Waals surface area contributed by atoms with Gasteiger partial charge in [-0.2, -0.15) is 0 Å². The lowest BCUT2D eigenvalue weighted by Crippen LogP contribution is -2.39. The van der Waals surface area contributed by atoms with Gasteiger partial charge in [0.25, 0.3) is 0 Å². The third-order valence-corrected chi connectivity index (χ3v) is 3.41. The smallest absolute Gasteiger partial charge is 0.407 e. The molecule has 0 aliphatic rings. The number of alkyl carbamates (subject to hydrolysis) is 1. The Morgan fingerprint density at radius 1 is 1.04 bits per heavy atom. The minimum atomic E-state index is -0.477. The Kier molecular flexibility index (Phi) is 13.6. The Labute approximate surface area is 186 Å². The zero-order valence-electron chi connectivity index (χ0n) is 17.6. The lowest BCUT2D eigenvalue weighted by atomic mass is 10.1. The number of methoxy groups -OCH3 is 1. The molecule has 1 rings (SSSR count). The summed E-state index contributed by atoms with van der Waals surface area (Å²) in [5.41, 5.74) is 1.81. The van der Waals surface area contributed by atoms with Crippen LogP contribution in [0.3, 0.4) is 0 Å². The second-order valence-electron chi connectivity index (χ2n) is 7.15. The molecule has 0 bridgehead atoms. The molecule has 0 spiro atoms. The molecule has 0 saturated heterocycles. The normalized spacial score (nSPS) is 11.4. The molecule has 0 aliphatic heterocycles. The van der Waals surface area contributed by atoms with E-state index in [0.717, 1.165) is 30.1 Å². The van der Waals surface area contributed by atoms with E-state index in [1.807, 2.05) is 27.7 Å². The molecule has 3 N–H and O–H groups in total. The summed E-state index contributed by atoms with van der Waals surface area (Å²) >= 11 is 0. The molecule has 0 saturated carbocycles. The molecule has 0 atom stereocenters. The fraction of sp³-hybridized carbons (Fsp3) is 0.600. The van der Waals surface area contributed by atoms with Gasteiger partial charge in [-0.3, -0.25) is 0 Å². The third-order valence-electron chi connectivity index (χ3n) is 3.41.